The summed E-state index contributed by atoms with van der Waals surface area (Å²) >= 11 is 0. The van der Waals surface area contributed by atoms with Crippen LogP contribution in [0, 0.1) is 16.2 Å². The molecule has 0 unspecified atom stereocenters. The first kappa shape index (κ1) is 24.0. The summed E-state index contributed by atoms with van der Waals surface area (Å²) in [5.74, 6) is 0.439. The second-order valence-corrected chi connectivity index (χ2v) is 7.11. The van der Waals surface area contributed by atoms with Gasteiger partial charge in [0.25, 0.3) is 0 Å². The summed E-state index contributed by atoms with van der Waals surface area (Å²) in [5, 5.41) is 13.4. The Morgan fingerprint density at radius 1 is 0.900 bits per heavy atom. The average Bonchev–Trinajstić information content (AvgIpc) is 2.13. The van der Waals surface area contributed by atoms with E-state index >= 15 is 0 Å². The molecule has 0 aliphatic rings. The zero-order valence-electron chi connectivity index (χ0n) is 14.7. The van der Waals surface area contributed by atoms with Crippen molar-refractivity contribution in [2.75, 3.05) is 6.61 Å². The smallest absolute Gasteiger partial charge is 0.0928 e. The Labute approximate surface area is 125 Å². The Balaban J connectivity index is -0.000000244. The lowest BCUT2D eigenvalue weighted by molar-refractivity contribution is 0.00123. The Morgan fingerprint density at radius 2 is 1.20 bits per heavy atom. The first-order valence-electron chi connectivity index (χ1n) is 6.98. The van der Waals surface area contributed by atoms with E-state index in [0.717, 1.165) is 0 Å². The van der Waals surface area contributed by atoms with Crippen molar-refractivity contribution in [1.82, 2.24) is 0 Å². The second kappa shape index (κ2) is 11.7. The van der Waals surface area contributed by atoms with E-state index in [2.05, 4.69) is 27.7 Å². The van der Waals surface area contributed by atoms with Gasteiger partial charge in [0.05, 0.1) is 23.9 Å². The van der Waals surface area contributed by atoms with Crippen molar-refractivity contribution >= 4 is 11.7 Å². The summed E-state index contributed by atoms with van der Waals surface area (Å²) in [6.07, 6.45) is 1.19. The fraction of sp³-hybridized carbons (Fsp3) is 0.867. The maximum Gasteiger partial charge on any atom is 0.0928 e. The summed E-state index contributed by atoms with van der Waals surface area (Å²) in [6.45, 7) is 17.1. The van der Waals surface area contributed by atoms with Crippen LogP contribution >= 0.6 is 0 Å². The van der Waals surface area contributed by atoms with Crippen LogP contribution in [0.2, 0.25) is 0 Å². The number of nitrogens with one attached hydrogen (secondary N) is 2. The van der Waals surface area contributed by atoms with Crippen LogP contribution in [0.15, 0.2) is 0 Å². The highest BCUT2D eigenvalue weighted by atomic mass is 16.5. The third-order valence-electron chi connectivity index (χ3n) is 1.29. The predicted molar refractivity (Wildman–Crippen MR) is 89.6 cm³/mol. The lowest BCUT2D eigenvalue weighted by Gasteiger charge is -2.18. The molecular formula is C15H36N4O. The zero-order valence-corrected chi connectivity index (χ0v) is 14.7. The minimum absolute atomic E-state index is 0.116. The van der Waals surface area contributed by atoms with E-state index in [9.17, 15) is 0 Å². The van der Waals surface area contributed by atoms with Crippen molar-refractivity contribution in [3.8, 4) is 0 Å². The highest BCUT2D eigenvalue weighted by molar-refractivity contribution is 5.76. The van der Waals surface area contributed by atoms with Gasteiger partial charge in [0.1, 0.15) is 0 Å². The van der Waals surface area contributed by atoms with Crippen LogP contribution < -0.4 is 11.5 Å². The van der Waals surface area contributed by atoms with E-state index in [4.69, 9.17) is 27.0 Å². The Hall–Kier alpha value is -1.10. The van der Waals surface area contributed by atoms with Gasteiger partial charge in [-0.1, -0.05) is 34.6 Å². The normalized spacial score (nSPS) is 10.6. The Kier molecular flexibility index (Phi) is 14.0. The summed E-state index contributed by atoms with van der Waals surface area (Å²) in [6, 6.07) is 0. The first-order chi connectivity index (χ1) is 8.69. The van der Waals surface area contributed by atoms with Gasteiger partial charge in [-0.2, -0.15) is 0 Å². The lowest BCUT2D eigenvalue weighted by Crippen LogP contribution is -2.22. The number of ether oxygens (including phenoxy) is 1. The monoisotopic (exact) mass is 288 g/mol. The lowest BCUT2D eigenvalue weighted by atomic mass is 10.0. The summed E-state index contributed by atoms with van der Waals surface area (Å²) in [5.41, 5.74) is 10.4. The molecule has 0 aromatic rings. The van der Waals surface area contributed by atoms with Gasteiger partial charge in [-0.05, 0) is 26.2 Å². The molecule has 0 bridgehead atoms. The number of amidine groups is 2. The topological polar surface area (TPSA) is 109 Å². The van der Waals surface area contributed by atoms with Gasteiger partial charge in [-0.25, -0.2) is 0 Å². The van der Waals surface area contributed by atoms with Crippen LogP contribution in [0.3, 0.4) is 0 Å². The van der Waals surface area contributed by atoms with Crippen molar-refractivity contribution < 1.29 is 4.74 Å². The van der Waals surface area contributed by atoms with Crippen LogP contribution in [-0.4, -0.2) is 23.9 Å². The molecule has 5 nitrogen and oxygen atoms in total. The minimum atomic E-state index is -0.116. The Morgan fingerprint density at radius 3 is 1.35 bits per heavy atom. The second-order valence-electron chi connectivity index (χ2n) is 7.11. The molecule has 0 rings (SSSR count). The molecular weight excluding hydrogens is 252 g/mol. The maximum atomic E-state index is 6.90. The van der Waals surface area contributed by atoms with Crippen molar-refractivity contribution in [3.05, 3.63) is 0 Å². The van der Waals surface area contributed by atoms with Gasteiger partial charge >= 0.3 is 0 Å². The van der Waals surface area contributed by atoms with E-state index < -0.39 is 0 Å². The minimum Gasteiger partial charge on any atom is -0.388 e. The summed E-state index contributed by atoms with van der Waals surface area (Å²) < 4.78 is 5.32. The van der Waals surface area contributed by atoms with Crippen LogP contribution in [-0.2, 0) is 4.74 Å². The molecule has 0 aromatic heterocycles. The molecule has 0 heterocycles. The van der Waals surface area contributed by atoms with E-state index in [0.29, 0.717) is 24.9 Å². The summed E-state index contributed by atoms with van der Waals surface area (Å²) in [7, 11) is 0. The van der Waals surface area contributed by atoms with Crippen molar-refractivity contribution in [1.29, 1.82) is 10.8 Å². The predicted octanol–water partition coefficient (Wildman–Crippen LogP) is 3.51. The number of nitrogens with two attached hydrogens (primary N) is 2. The maximum absolute atomic E-state index is 6.90. The Bertz CT molecular complexity index is 256. The molecule has 0 spiro atoms. The van der Waals surface area contributed by atoms with Crippen molar-refractivity contribution in [2.45, 2.75) is 73.8 Å². The first-order valence-corrected chi connectivity index (χ1v) is 6.98. The summed E-state index contributed by atoms with van der Waals surface area (Å²) in [4.78, 5) is 0. The van der Waals surface area contributed by atoms with Crippen LogP contribution in [0.1, 0.15) is 68.2 Å². The molecule has 0 amide bonds. The molecule has 5 heteroatoms. The molecule has 122 valence electrons. The van der Waals surface area contributed by atoms with E-state index in [1.807, 2.05) is 27.7 Å². The molecule has 0 fully saturated rings. The van der Waals surface area contributed by atoms with E-state index in [-0.39, 0.29) is 17.3 Å². The van der Waals surface area contributed by atoms with Crippen LogP contribution in [0.5, 0.6) is 0 Å². The van der Waals surface area contributed by atoms with Crippen molar-refractivity contribution in [2.24, 2.45) is 16.9 Å². The number of hydrogen-bond acceptors (Lipinski definition) is 3. The fourth-order valence-corrected chi connectivity index (χ4v) is 0.467. The average molecular weight is 288 g/mol. The highest BCUT2D eigenvalue weighted by Gasteiger charge is 2.08. The molecule has 0 aromatic carbocycles. The number of rotatable bonds is 4. The van der Waals surface area contributed by atoms with Gasteiger partial charge in [-0.15, -0.1) is 0 Å². The van der Waals surface area contributed by atoms with Gasteiger partial charge < -0.3 is 16.2 Å². The fourth-order valence-electron chi connectivity index (χ4n) is 0.467. The third-order valence-corrected chi connectivity index (χ3v) is 1.29. The quantitative estimate of drug-likeness (QED) is 0.469. The van der Waals surface area contributed by atoms with Gasteiger partial charge in [0, 0.05) is 12.8 Å². The molecule has 0 saturated heterocycles. The van der Waals surface area contributed by atoms with E-state index in [1.54, 1.807) is 0 Å². The standard InChI is InChI=1S/C7H16N2O.C5H12.C3H8N2/c1-7(2,3)10-5-4-6(8)9;1-5(2,3)4;1-2-3(4)5/h4-5H2,1-3H3,(H3,8,9);1-4H3;2H2,1H3,(H3,4,5). The molecule has 0 aliphatic carbocycles. The van der Waals surface area contributed by atoms with Crippen LogP contribution in [0.4, 0.5) is 0 Å². The molecule has 6 N–H and O–H groups in total. The molecule has 0 radical (unpaired) electrons. The molecule has 20 heavy (non-hydrogen) atoms. The largest absolute Gasteiger partial charge is 0.388 e. The highest BCUT2D eigenvalue weighted by Crippen LogP contribution is 2.08. The van der Waals surface area contributed by atoms with Gasteiger partial charge in [0.2, 0.25) is 0 Å². The third kappa shape index (κ3) is 68.5. The van der Waals surface area contributed by atoms with E-state index in [1.165, 1.54) is 0 Å². The number of hydrogen-bond donors (Lipinski definition) is 4. The molecule has 0 aliphatic heterocycles. The van der Waals surface area contributed by atoms with Gasteiger partial charge in [0.15, 0.2) is 0 Å². The van der Waals surface area contributed by atoms with Crippen LogP contribution in [0.25, 0.3) is 0 Å². The SMILES string of the molecule is CC(C)(C)C.CC(C)(C)OCCC(=N)N.CCC(=N)N. The zero-order chi connectivity index (χ0) is 17.0. The van der Waals surface area contributed by atoms with Crippen molar-refractivity contribution in [3.63, 3.8) is 0 Å². The van der Waals surface area contributed by atoms with Gasteiger partial charge in [-0.3, -0.25) is 10.8 Å². The molecule has 0 atom stereocenters. The molecule has 0 saturated carbocycles.